The number of piperazine rings is 1. The van der Waals surface area contributed by atoms with Crippen LogP contribution < -0.4 is 0 Å². The third kappa shape index (κ3) is 2.71. The van der Waals surface area contributed by atoms with E-state index >= 15 is 0 Å². The highest BCUT2D eigenvalue weighted by Crippen LogP contribution is 2.24. The first-order valence-electron chi connectivity index (χ1n) is 6.32. The van der Waals surface area contributed by atoms with Crippen molar-refractivity contribution in [2.45, 2.75) is 19.1 Å². The largest absolute Gasteiger partial charge is 0.387 e. The number of halogens is 1. The molecule has 1 aliphatic rings. The van der Waals surface area contributed by atoms with Gasteiger partial charge in [-0.3, -0.25) is 4.90 Å². The summed E-state index contributed by atoms with van der Waals surface area (Å²) in [5.74, 6) is -0.252. The Bertz CT molecular complexity index is 424. The summed E-state index contributed by atoms with van der Waals surface area (Å²) in [7, 11) is 4.05. The highest BCUT2D eigenvalue weighted by Gasteiger charge is 2.29. The van der Waals surface area contributed by atoms with Crippen LogP contribution in [0.4, 0.5) is 4.39 Å². The SMILES string of the molecule is Cc1ccc(C(O)C2CN(C)CCN2C)cc1F. The van der Waals surface area contributed by atoms with Crippen LogP contribution in [0.25, 0.3) is 0 Å². The van der Waals surface area contributed by atoms with Crippen molar-refractivity contribution in [2.24, 2.45) is 0 Å². The number of benzene rings is 1. The van der Waals surface area contributed by atoms with Crippen LogP contribution in [0.2, 0.25) is 0 Å². The van der Waals surface area contributed by atoms with Gasteiger partial charge in [-0.15, -0.1) is 0 Å². The van der Waals surface area contributed by atoms with Gasteiger partial charge in [-0.05, 0) is 38.2 Å². The van der Waals surface area contributed by atoms with Crippen LogP contribution in [-0.4, -0.2) is 54.7 Å². The van der Waals surface area contributed by atoms with Gasteiger partial charge in [0.25, 0.3) is 0 Å². The fourth-order valence-electron chi connectivity index (χ4n) is 2.40. The third-order valence-electron chi connectivity index (χ3n) is 3.80. The Labute approximate surface area is 108 Å². The standard InChI is InChI=1S/C14H21FN2O/c1-10-4-5-11(8-12(10)15)14(18)13-9-16(2)6-7-17(13)3/h4-5,8,13-14,18H,6-7,9H2,1-3H3. The van der Waals surface area contributed by atoms with Crippen molar-refractivity contribution in [1.82, 2.24) is 9.80 Å². The number of aliphatic hydroxyl groups excluding tert-OH is 1. The van der Waals surface area contributed by atoms with Gasteiger partial charge >= 0.3 is 0 Å². The van der Waals surface area contributed by atoms with Crippen molar-refractivity contribution >= 4 is 0 Å². The second-order valence-electron chi connectivity index (χ2n) is 5.26. The van der Waals surface area contributed by atoms with E-state index in [0.717, 1.165) is 19.6 Å². The fourth-order valence-corrected chi connectivity index (χ4v) is 2.40. The molecule has 1 aromatic rings. The van der Waals surface area contributed by atoms with Crippen LogP contribution >= 0.6 is 0 Å². The van der Waals surface area contributed by atoms with E-state index in [1.807, 2.05) is 20.2 Å². The molecule has 0 amide bonds. The van der Waals surface area contributed by atoms with Crippen molar-refractivity contribution in [3.8, 4) is 0 Å². The summed E-state index contributed by atoms with van der Waals surface area (Å²) in [5, 5.41) is 10.4. The summed E-state index contributed by atoms with van der Waals surface area (Å²) in [5.41, 5.74) is 1.27. The van der Waals surface area contributed by atoms with Crippen molar-refractivity contribution < 1.29 is 9.50 Å². The summed E-state index contributed by atoms with van der Waals surface area (Å²) < 4.78 is 13.5. The minimum absolute atomic E-state index is 0.0193. The molecule has 0 bridgehead atoms. The maximum absolute atomic E-state index is 13.5. The van der Waals surface area contributed by atoms with E-state index in [4.69, 9.17) is 0 Å². The Kier molecular flexibility index (Phi) is 4.00. The summed E-state index contributed by atoms with van der Waals surface area (Å²) in [6.45, 7) is 4.45. The molecule has 1 heterocycles. The molecule has 1 saturated heterocycles. The van der Waals surface area contributed by atoms with Crippen molar-refractivity contribution in [3.63, 3.8) is 0 Å². The number of rotatable bonds is 2. The normalized spacial score (nSPS) is 24.2. The maximum atomic E-state index is 13.5. The number of nitrogens with zero attached hydrogens (tertiary/aromatic N) is 2. The van der Waals surface area contributed by atoms with E-state index < -0.39 is 6.10 Å². The predicted molar refractivity (Wildman–Crippen MR) is 70.0 cm³/mol. The van der Waals surface area contributed by atoms with Crippen LogP contribution in [-0.2, 0) is 0 Å². The quantitative estimate of drug-likeness (QED) is 0.862. The van der Waals surface area contributed by atoms with Crippen molar-refractivity contribution in [1.29, 1.82) is 0 Å². The summed E-state index contributed by atoms with van der Waals surface area (Å²) >= 11 is 0. The van der Waals surface area contributed by atoms with E-state index in [9.17, 15) is 9.50 Å². The minimum atomic E-state index is -0.646. The van der Waals surface area contributed by atoms with Crippen LogP contribution in [0.15, 0.2) is 18.2 Å². The highest BCUT2D eigenvalue weighted by atomic mass is 19.1. The topological polar surface area (TPSA) is 26.7 Å². The summed E-state index contributed by atoms with van der Waals surface area (Å²) in [6, 6.07) is 5.00. The lowest BCUT2D eigenvalue weighted by Crippen LogP contribution is -2.52. The molecule has 3 nitrogen and oxygen atoms in total. The Morgan fingerprint density at radius 3 is 2.72 bits per heavy atom. The number of hydrogen-bond donors (Lipinski definition) is 1. The van der Waals surface area contributed by atoms with Gasteiger partial charge in [-0.2, -0.15) is 0 Å². The third-order valence-corrected chi connectivity index (χ3v) is 3.80. The van der Waals surface area contributed by atoms with E-state index in [-0.39, 0.29) is 11.9 Å². The van der Waals surface area contributed by atoms with Gasteiger partial charge in [0, 0.05) is 19.6 Å². The molecule has 0 aliphatic carbocycles. The first kappa shape index (κ1) is 13.5. The lowest BCUT2D eigenvalue weighted by molar-refractivity contribution is 0.0137. The van der Waals surface area contributed by atoms with Gasteiger partial charge in [-0.25, -0.2) is 4.39 Å². The van der Waals surface area contributed by atoms with Crippen molar-refractivity contribution in [2.75, 3.05) is 33.7 Å². The molecule has 100 valence electrons. The van der Waals surface area contributed by atoms with E-state index in [2.05, 4.69) is 9.80 Å². The van der Waals surface area contributed by atoms with Gasteiger partial charge in [0.05, 0.1) is 12.1 Å². The smallest absolute Gasteiger partial charge is 0.126 e. The highest BCUT2D eigenvalue weighted by molar-refractivity contribution is 5.26. The summed E-state index contributed by atoms with van der Waals surface area (Å²) in [4.78, 5) is 4.33. The number of aryl methyl sites for hydroxylation is 1. The Balaban J connectivity index is 2.18. The van der Waals surface area contributed by atoms with E-state index in [1.165, 1.54) is 6.07 Å². The van der Waals surface area contributed by atoms with Gasteiger partial charge in [0.2, 0.25) is 0 Å². The average Bonchev–Trinajstić information content (AvgIpc) is 2.35. The van der Waals surface area contributed by atoms with Crippen molar-refractivity contribution in [3.05, 3.63) is 35.1 Å². The lowest BCUT2D eigenvalue weighted by Gasteiger charge is -2.40. The molecule has 4 heteroatoms. The molecular formula is C14H21FN2O. The second kappa shape index (κ2) is 5.34. The first-order chi connectivity index (χ1) is 8.49. The fraction of sp³-hybridized carbons (Fsp3) is 0.571. The Hall–Kier alpha value is -0.970. The number of aliphatic hydroxyl groups is 1. The zero-order chi connectivity index (χ0) is 13.3. The van der Waals surface area contributed by atoms with Crippen LogP contribution in [0, 0.1) is 12.7 Å². The van der Waals surface area contributed by atoms with Crippen LogP contribution in [0.1, 0.15) is 17.2 Å². The average molecular weight is 252 g/mol. The molecule has 2 unspecified atom stereocenters. The molecule has 1 fully saturated rings. The lowest BCUT2D eigenvalue weighted by atomic mass is 9.98. The molecule has 1 N–H and O–H groups in total. The number of likely N-dealkylation sites (N-methyl/N-ethyl adjacent to an activating group) is 2. The molecule has 18 heavy (non-hydrogen) atoms. The zero-order valence-corrected chi connectivity index (χ0v) is 11.2. The molecular weight excluding hydrogens is 231 g/mol. The molecule has 2 rings (SSSR count). The molecule has 0 saturated carbocycles. The Morgan fingerprint density at radius 1 is 1.33 bits per heavy atom. The molecule has 2 atom stereocenters. The van der Waals surface area contributed by atoms with Gasteiger partial charge in [-0.1, -0.05) is 12.1 Å². The second-order valence-corrected chi connectivity index (χ2v) is 5.26. The zero-order valence-electron chi connectivity index (χ0n) is 11.2. The Morgan fingerprint density at radius 2 is 2.06 bits per heavy atom. The molecule has 1 aromatic carbocycles. The van der Waals surface area contributed by atoms with E-state index in [0.29, 0.717) is 11.1 Å². The van der Waals surface area contributed by atoms with E-state index in [1.54, 1.807) is 13.0 Å². The molecule has 0 radical (unpaired) electrons. The monoisotopic (exact) mass is 252 g/mol. The number of hydrogen-bond acceptors (Lipinski definition) is 3. The minimum Gasteiger partial charge on any atom is -0.387 e. The predicted octanol–water partition coefficient (Wildman–Crippen LogP) is 1.41. The van der Waals surface area contributed by atoms with Gasteiger partial charge in [0.15, 0.2) is 0 Å². The molecule has 0 aromatic heterocycles. The van der Waals surface area contributed by atoms with Gasteiger partial charge < -0.3 is 10.0 Å². The molecule has 0 spiro atoms. The maximum Gasteiger partial charge on any atom is 0.126 e. The van der Waals surface area contributed by atoms with Crippen LogP contribution in [0.5, 0.6) is 0 Å². The van der Waals surface area contributed by atoms with Gasteiger partial charge in [0.1, 0.15) is 5.82 Å². The molecule has 1 aliphatic heterocycles. The first-order valence-corrected chi connectivity index (χ1v) is 6.32. The summed E-state index contributed by atoms with van der Waals surface area (Å²) in [6.07, 6.45) is -0.646. The van der Waals surface area contributed by atoms with Crippen LogP contribution in [0.3, 0.4) is 0 Å².